The first-order valence-corrected chi connectivity index (χ1v) is 9.00. The smallest absolute Gasteiger partial charge is 0.455 e. The van der Waals surface area contributed by atoms with Crippen molar-refractivity contribution in [3.8, 4) is 0 Å². The summed E-state index contributed by atoms with van der Waals surface area (Å²) in [6.45, 7) is -1.22. The van der Waals surface area contributed by atoms with E-state index >= 15 is 0 Å². The summed E-state index contributed by atoms with van der Waals surface area (Å²) in [5.74, 6) is -5.68. The maximum absolute atomic E-state index is 14.2. The molecule has 2 aliphatic rings. The lowest BCUT2D eigenvalue weighted by atomic mass is 10.1. The molecule has 0 saturated heterocycles. The van der Waals surface area contributed by atoms with Crippen LogP contribution in [0.3, 0.4) is 0 Å². The number of hydrogen-bond acceptors (Lipinski definition) is 5. The minimum absolute atomic E-state index is 0.101. The van der Waals surface area contributed by atoms with Crippen molar-refractivity contribution in [2.75, 3.05) is 19.7 Å². The normalized spacial score (nSPS) is 24.6. The van der Waals surface area contributed by atoms with E-state index in [1.165, 1.54) is 5.32 Å². The zero-order valence-electron chi connectivity index (χ0n) is 15.8. The molecule has 2 rings (SSSR count). The summed E-state index contributed by atoms with van der Waals surface area (Å²) in [5, 5.41) is 6.59. The largest absolute Gasteiger partial charge is 0.487 e. The SMILES string of the molecule is CC1OC2=C(NCC1NC(=O)COC(=O)NCC(F)(F)C(F)(F)F)C(F)CCC=C2. The number of halogens is 6. The molecule has 0 aromatic rings. The number of nitrogens with one attached hydrogen (secondary N) is 3. The first-order chi connectivity index (χ1) is 13.9. The van der Waals surface area contributed by atoms with E-state index in [0.717, 1.165) is 0 Å². The van der Waals surface area contributed by atoms with Crippen molar-refractivity contribution < 1.29 is 45.4 Å². The summed E-state index contributed by atoms with van der Waals surface area (Å²) in [7, 11) is 0. The van der Waals surface area contributed by atoms with Gasteiger partial charge in [-0.05, 0) is 25.8 Å². The molecule has 3 unspecified atom stereocenters. The van der Waals surface area contributed by atoms with Gasteiger partial charge in [-0.2, -0.15) is 22.0 Å². The Kier molecular flexibility index (Phi) is 7.48. The minimum atomic E-state index is -5.83. The van der Waals surface area contributed by atoms with Crippen molar-refractivity contribution in [2.45, 2.75) is 50.2 Å². The number of hydrogen-bond donors (Lipinski definition) is 3. The van der Waals surface area contributed by atoms with Gasteiger partial charge in [0, 0.05) is 6.54 Å². The van der Waals surface area contributed by atoms with E-state index in [9.17, 15) is 35.9 Å². The Morgan fingerprint density at radius 3 is 2.67 bits per heavy atom. The molecule has 1 aliphatic heterocycles. The lowest BCUT2D eigenvalue weighted by Gasteiger charge is -2.23. The molecule has 0 saturated carbocycles. The molecular weight excluding hydrogens is 424 g/mol. The third-order valence-electron chi connectivity index (χ3n) is 4.38. The number of amides is 2. The standard InChI is InChI=1S/C17H21F6N3O4/c1-9-11(6-24-14-10(18)4-2-3-5-12(14)30-9)26-13(27)7-29-15(28)25-8-16(19,20)17(21,22)23/h3,5,9-11,24H,2,4,6-8H2,1H3,(H,25,28)(H,26,27). The number of ether oxygens (including phenoxy) is 2. The van der Waals surface area contributed by atoms with Crippen LogP contribution in [0.1, 0.15) is 19.8 Å². The van der Waals surface area contributed by atoms with Crippen LogP contribution in [0.25, 0.3) is 0 Å². The van der Waals surface area contributed by atoms with Gasteiger partial charge in [-0.15, -0.1) is 0 Å². The highest BCUT2D eigenvalue weighted by Gasteiger charge is 2.57. The Morgan fingerprint density at radius 1 is 1.30 bits per heavy atom. The monoisotopic (exact) mass is 445 g/mol. The van der Waals surface area contributed by atoms with Gasteiger partial charge < -0.3 is 25.4 Å². The summed E-state index contributed by atoms with van der Waals surface area (Å²) < 4.78 is 85.8. The van der Waals surface area contributed by atoms with E-state index in [0.29, 0.717) is 12.2 Å². The van der Waals surface area contributed by atoms with Crippen LogP contribution >= 0.6 is 0 Å². The van der Waals surface area contributed by atoms with Gasteiger partial charge >= 0.3 is 18.2 Å². The van der Waals surface area contributed by atoms with Gasteiger partial charge in [-0.3, -0.25) is 4.79 Å². The Hall–Kier alpha value is -2.60. The molecule has 2 amide bonds. The van der Waals surface area contributed by atoms with Crippen LogP contribution in [0.5, 0.6) is 0 Å². The van der Waals surface area contributed by atoms with Gasteiger partial charge in [-0.1, -0.05) is 6.08 Å². The first kappa shape index (κ1) is 23.7. The second kappa shape index (κ2) is 9.47. The van der Waals surface area contributed by atoms with Crippen LogP contribution in [0.4, 0.5) is 31.1 Å². The molecule has 7 nitrogen and oxygen atoms in total. The van der Waals surface area contributed by atoms with Crippen LogP contribution in [0.15, 0.2) is 23.6 Å². The first-order valence-electron chi connectivity index (χ1n) is 9.00. The number of allylic oxidation sites excluding steroid dienone is 3. The summed E-state index contributed by atoms with van der Waals surface area (Å²) >= 11 is 0. The van der Waals surface area contributed by atoms with E-state index in [1.807, 2.05) is 0 Å². The average molecular weight is 445 g/mol. The van der Waals surface area contributed by atoms with Crippen LogP contribution in [0.2, 0.25) is 0 Å². The molecule has 1 aliphatic carbocycles. The van der Waals surface area contributed by atoms with Crippen LogP contribution in [-0.2, 0) is 14.3 Å². The molecule has 30 heavy (non-hydrogen) atoms. The zero-order chi connectivity index (χ0) is 22.5. The molecule has 0 bridgehead atoms. The molecule has 3 atom stereocenters. The van der Waals surface area contributed by atoms with Crippen LogP contribution in [0, 0.1) is 0 Å². The number of alkyl halides is 6. The summed E-state index contributed by atoms with van der Waals surface area (Å²) in [4.78, 5) is 23.2. The summed E-state index contributed by atoms with van der Waals surface area (Å²) in [6.07, 6.45) is -5.10. The third kappa shape index (κ3) is 6.20. The molecule has 0 aromatic heterocycles. The Bertz CT molecular complexity index is 710. The van der Waals surface area contributed by atoms with Crippen molar-refractivity contribution in [3.05, 3.63) is 23.6 Å². The quantitative estimate of drug-likeness (QED) is 0.566. The van der Waals surface area contributed by atoms with Crippen molar-refractivity contribution >= 4 is 12.0 Å². The van der Waals surface area contributed by atoms with Gasteiger partial charge in [-0.25, -0.2) is 9.18 Å². The van der Waals surface area contributed by atoms with Crippen LogP contribution in [-0.4, -0.2) is 62.1 Å². The number of rotatable bonds is 5. The second-order valence-electron chi connectivity index (χ2n) is 6.73. The second-order valence-corrected chi connectivity index (χ2v) is 6.73. The van der Waals surface area contributed by atoms with Gasteiger partial charge in [0.05, 0.1) is 18.3 Å². The number of carbonyl (C=O) groups excluding carboxylic acids is 2. The van der Waals surface area contributed by atoms with Gasteiger partial charge in [0.15, 0.2) is 6.61 Å². The minimum Gasteiger partial charge on any atom is -0.487 e. The fourth-order valence-electron chi connectivity index (χ4n) is 2.67. The number of carbonyl (C=O) groups is 2. The Balaban J connectivity index is 1.80. The number of alkyl carbamates (subject to hydrolysis) is 1. The molecule has 0 radical (unpaired) electrons. The summed E-state index contributed by atoms with van der Waals surface area (Å²) in [5.41, 5.74) is 0.258. The maximum atomic E-state index is 14.2. The van der Waals surface area contributed by atoms with E-state index in [1.54, 1.807) is 19.1 Å². The Morgan fingerprint density at radius 2 is 2.00 bits per heavy atom. The fraction of sp³-hybridized carbons (Fsp3) is 0.647. The third-order valence-corrected chi connectivity index (χ3v) is 4.38. The van der Waals surface area contributed by atoms with E-state index in [-0.39, 0.29) is 18.7 Å². The van der Waals surface area contributed by atoms with Crippen LogP contribution < -0.4 is 16.0 Å². The predicted octanol–water partition coefficient (Wildman–Crippen LogP) is 2.30. The van der Waals surface area contributed by atoms with Gasteiger partial charge in [0.25, 0.3) is 5.91 Å². The van der Waals surface area contributed by atoms with E-state index in [4.69, 9.17) is 4.74 Å². The maximum Gasteiger partial charge on any atom is 0.455 e. The topological polar surface area (TPSA) is 88.7 Å². The highest BCUT2D eigenvalue weighted by atomic mass is 19.4. The molecular formula is C17H21F6N3O4. The molecule has 3 N–H and O–H groups in total. The van der Waals surface area contributed by atoms with Gasteiger partial charge in [0.2, 0.25) is 0 Å². The van der Waals surface area contributed by atoms with Crippen molar-refractivity contribution in [3.63, 3.8) is 0 Å². The Labute approximate surface area is 167 Å². The molecule has 170 valence electrons. The van der Waals surface area contributed by atoms with Crippen molar-refractivity contribution in [2.24, 2.45) is 0 Å². The lowest BCUT2D eigenvalue weighted by molar-refractivity contribution is -0.278. The molecule has 0 aromatic carbocycles. The fourth-order valence-corrected chi connectivity index (χ4v) is 2.67. The molecule has 0 fully saturated rings. The van der Waals surface area contributed by atoms with Crippen molar-refractivity contribution in [1.82, 2.24) is 16.0 Å². The highest BCUT2D eigenvalue weighted by molar-refractivity contribution is 5.80. The summed E-state index contributed by atoms with van der Waals surface area (Å²) in [6, 6.07) is -0.661. The zero-order valence-corrected chi connectivity index (χ0v) is 15.8. The lowest BCUT2D eigenvalue weighted by Crippen LogP contribution is -2.50. The molecule has 1 heterocycles. The molecule has 0 spiro atoms. The van der Waals surface area contributed by atoms with Gasteiger partial charge in [0.1, 0.15) is 18.0 Å². The predicted molar refractivity (Wildman–Crippen MR) is 91.1 cm³/mol. The van der Waals surface area contributed by atoms with E-state index in [2.05, 4.69) is 15.4 Å². The van der Waals surface area contributed by atoms with E-state index < -0.39 is 55.6 Å². The molecule has 13 heteroatoms. The highest BCUT2D eigenvalue weighted by Crippen LogP contribution is 2.34. The average Bonchev–Trinajstić information content (AvgIpc) is 2.91. The van der Waals surface area contributed by atoms with Crippen molar-refractivity contribution in [1.29, 1.82) is 0 Å².